The molecule has 1 aliphatic rings. The Labute approximate surface area is 215 Å². The molecule has 1 aliphatic heterocycles. The lowest BCUT2D eigenvalue weighted by atomic mass is 10.1. The van der Waals surface area contributed by atoms with Gasteiger partial charge in [-0.2, -0.15) is 13.2 Å². The topological polar surface area (TPSA) is 62.9 Å². The average Bonchev–Trinajstić information content (AvgIpc) is 3.31. The zero-order chi connectivity index (χ0) is 26.6. The zero-order valence-corrected chi connectivity index (χ0v) is 21.6. The van der Waals surface area contributed by atoms with Crippen molar-refractivity contribution in [1.82, 2.24) is 19.8 Å². The number of hydrogen-bond donors (Lipinski definition) is 1. The molecule has 200 valence electrons. The molecule has 1 fully saturated rings. The van der Waals surface area contributed by atoms with Crippen LogP contribution in [0.25, 0.3) is 11.4 Å². The number of aromatic amines is 1. The Balaban J connectivity index is 1.39. The number of aromatic nitrogens is 2. The summed E-state index contributed by atoms with van der Waals surface area (Å²) >= 11 is 0. The molecule has 0 saturated carbocycles. The van der Waals surface area contributed by atoms with Gasteiger partial charge in [-0.05, 0) is 24.6 Å². The zero-order valence-electron chi connectivity index (χ0n) is 21.6. The molecule has 0 unspecified atom stereocenters. The number of nitrogens with one attached hydrogen (secondary N) is 1. The van der Waals surface area contributed by atoms with Crippen molar-refractivity contribution < 1.29 is 27.4 Å². The molecule has 1 N–H and O–H groups in total. The Hall–Kier alpha value is -3.24. The van der Waals surface area contributed by atoms with Crippen molar-refractivity contribution >= 4 is 0 Å². The molecule has 7 nitrogen and oxygen atoms in total. The molecule has 1 saturated heterocycles. The van der Waals surface area contributed by atoms with Crippen LogP contribution in [-0.4, -0.2) is 67.3 Å². The van der Waals surface area contributed by atoms with Gasteiger partial charge in [-0.3, -0.25) is 9.80 Å². The maximum atomic E-state index is 12.9. The highest BCUT2D eigenvalue weighted by Gasteiger charge is 2.30. The fourth-order valence-corrected chi connectivity index (χ4v) is 4.68. The minimum Gasteiger partial charge on any atom is -0.493 e. The van der Waals surface area contributed by atoms with E-state index < -0.39 is 11.7 Å². The molecule has 3 aromatic rings. The third-order valence-corrected chi connectivity index (χ3v) is 6.71. The summed E-state index contributed by atoms with van der Waals surface area (Å²) in [5.41, 5.74) is 2.96. The van der Waals surface area contributed by atoms with Crippen LogP contribution < -0.4 is 14.2 Å². The van der Waals surface area contributed by atoms with Crippen molar-refractivity contribution in [3.63, 3.8) is 0 Å². The molecule has 0 radical (unpaired) electrons. The van der Waals surface area contributed by atoms with Crippen LogP contribution in [0.3, 0.4) is 0 Å². The fourth-order valence-electron chi connectivity index (χ4n) is 4.68. The largest absolute Gasteiger partial charge is 0.493 e. The molecule has 2 heterocycles. The third kappa shape index (κ3) is 6.02. The fraction of sp³-hybridized carbons (Fsp3) is 0.444. The second-order valence-electron chi connectivity index (χ2n) is 8.99. The van der Waals surface area contributed by atoms with E-state index in [2.05, 4.69) is 19.8 Å². The molecule has 0 atom stereocenters. The van der Waals surface area contributed by atoms with Crippen molar-refractivity contribution in [1.29, 1.82) is 0 Å². The van der Waals surface area contributed by atoms with Crippen LogP contribution in [0.1, 0.15) is 29.4 Å². The van der Waals surface area contributed by atoms with Gasteiger partial charge in [0.15, 0.2) is 11.5 Å². The first-order valence-electron chi connectivity index (χ1n) is 12.2. The predicted octanol–water partition coefficient (Wildman–Crippen LogP) is 5.00. The number of rotatable bonds is 9. The second kappa shape index (κ2) is 11.4. The van der Waals surface area contributed by atoms with E-state index in [4.69, 9.17) is 14.2 Å². The van der Waals surface area contributed by atoms with Crippen LogP contribution >= 0.6 is 0 Å². The number of halogens is 3. The van der Waals surface area contributed by atoms with Gasteiger partial charge in [0.2, 0.25) is 5.75 Å². The van der Waals surface area contributed by atoms with Crippen molar-refractivity contribution in [3.05, 3.63) is 58.9 Å². The molecule has 1 aromatic heterocycles. The van der Waals surface area contributed by atoms with E-state index >= 15 is 0 Å². The van der Waals surface area contributed by atoms with E-state index in [1.807, 2.05) is 19.1 Å². The number of H-pyrrole nitrogens is 1. The van der Waals surface area contributed by atoms with Gasteiger partial charge >= 0.3 is 6.18 Å². The highest BCUT2D eigenvalue weighted by molar-refractivity contribution is 5.57. The number of aryl methyl sites for hydroxylation is 1. The molecule has 37 heavy (non-hydrogen) atoms. The van der Waals surface area contributed by atoms with Crippen LogP contribution in [0, 0.1) is 0 Å². The summed E-state index contributed by atoms with van der Waals surface area (Å²) in [6.45, 7) is 7.02. The Kier molecular flexibility index (Phi) is 8.29. The van der Waals surface area contributed by atoms with Crippen LogP contribution in [0.15, 0.2) is 36.4 Å². The maximum absolute atomic E-state index is 12.9. The maximum Gasteiger partial charge on any atom is 0.416 e. The van der Waals surface area contributed by atoms with E-state index in [1.54, 1.807) is 21.3 Å². The number of ether oxygens (including phenoxy) is 3. The van der Waals surface area contributed by atoms with Crippen LogP contribution in [0.2, 0.25) is 0 Å². The lowest BCUT2D eigenvalue weighted by molar-refractivity contribution is -0.137. The van der Waals surface area contributed by atoms with E-state index in [0.29, 0.717) is 35.2 Å². The van der Waals surface area contributed by atoms with Gasteiger partial charge in [0.1, 0.15) is 5.82 Å². The number of benzene rings is 2. The molecule has 0 spiro atoms. The number of methoxy groups -OCH3 is 3. The summed E-state index contributed by atoms with van der Waals surface area (Å²) in [5, 5.41) is 0. The molecular weight excluding hydrogens is 485 g/mol. The summed E-state index contributed by atoms with van der Waals surface area (Å²) in [6.07, 6.45) is -3.61. The number of imidazole rings is 1. The Bertz CT molecular complexity index is 1190. The van der Waals surface area contributed by atoms with Gasteiger partial charge in [-0.25, -0.2) is 4.98 Å². The Morgan fingerprint density at radius 3 is 2.00 bits per heavy atom. The van der Waals surface area contributed by atoms with Crippen LogP contribution in [-0.2, 0) is 25.7 Å². The van der Waals surface area contributed by atoms with Gasteiger partial charge in [-0.1, -0.05) is 25.1 Å². The number of nitrogens with zero attached hydrogens (tertiary/aromatic N) is 3. The first-order chi connectivity index (χ1) is 17.8. The number of alkyl halides is 3. The summed E-state index contributed by atoms with van der Waals surface area (Å²) in [4.78, 5) is 12.8. The van der Waals surface area contributed by atoms with Crippen molar-refractivity contribution in [3.8, 4) is 28.6 Å². The first-order valence-corrected chi connectivity index (χ1v) is 12.2. The van der Waals surface area contributed by atoms with E-state index in [0.717, 1.165) is 68.2 Å². The van der Waals surface area contributed by atoms with Crippen molar-refractivity contribution in [2.75, 3.05) is 47.5 Å². The standard InChI is InChI=1S/C27H33F3N4O3/c1-5-21-22(32-26(31-21)18-6-9-20(10-7-18)27(28,29)30)17-34-14-12-33(13-15-34)16-19-8-11-23(35-2)25(37-4)24(19)36-3/h6-11H,5,12-17H2,1-4H3,(H,31,32). The van der Waals surface area contributed by atoms with Gasteiger partial charge in [0.25, 0.3) is 0 Å². The summed E-state index contributed by atoms with van der Waals surface area (Å²) in [7, 11) is 4.84. The molecule has 10 heteroatoms. The van der Waals surface area contributed by atoms with Gasteiger partial charge in [0, 0.05) is 50.4 Å². The lowest BCUT2D eigenvalue weighted by Crippen LogP contribution is -2.45. The molecule has 2 aromatic carbocycles. The monoisotopic (exact) mass is 518 g/mol. The van der Waals surface area contributed by atoms with Crippen LogP contribution in [0.5, 0.6) is 17.2 Å². The number of hydrogen-bond acceptors (Lipinski definition) is 6. The van der Waals surface area contributed by atoms with Crippen molar-refractivity contribution in [2.24, 2.45) is 0 Å². The minimum absolute atomic E-state index is 0.594. The molecular formula is C27H33F3N4O3. The van der Waals surface area contributed by atoms with Gasteiger partial charge in [-0.15, -0.1) is 0 Å². The van der Waals surface area contributed by atoms with E-state index in [-0.39, 0.29) is 0 Å². The SMILES string of the molecule is CCc1nc(-c2ccc(C(F)(F)F)cc2)[nH]c1CN1CCN(Cc2ccc(OC)c(OC)c2OC)CC1. The van der Waals surface area contributed by atoms with Gasteiger partial charge in [0.05, 0.1) is 38.3 Å². The Morgan fingerprint density at radius 1 is 0.838 bits per heavy atom. The van der Waals surface area contributed by atoms with E-state index in [1.165, 1.54) is 12.1 Å². The normalized spacial score (nSPS) is 15.1. The summed E-state index contributed by atoms with van der Waals surface area (Å²) in [6, 6.07) is 9.02. The Morgan fingerprint density at radius 2 is 1.46 bits per heavy atom. The smallest absolute Gasteiger partial charge is 0.416 e. The highest BCUT2D eigenvalue weighted by atomic mass is 19.4. The molecule has 0 bridgehead atoms. The molecule has 0 aliphatic carbocycles. The first kappa shape index (κ1) is 26.8. The highest BCUT2D eigenvalue weighted by Crippen LogP contribution is 2.40. The van der Waals surface area contributed by atoms with Gasteiger partial charge < -0.3 is 19.2 Å². The predicted molar refractivity (Wildman–Crippen MR) is 135 cm³/mol. The van der Waals surface area contributed by atoms with E-state index in [9.17, 15) is 13.2 Å². The van der Waals surface area contributed by atoms with Crippen molar-refractivity contribution in [2.45, 2.75) is 32.6 Å². The average molecular weight is 519 g/mol. The third-order valence-electron chi connectivity index (χ3n) is 6.71. The quantitative estimate of drug-likeness (QED) is 0.430. The molecule has 0 amide bonds. The summed E-state index contributed by atoms with van der Waals surface area (Å²) in [5.74, 6) is 2.51. The molecule has 4 rings (SSSR count). The lowest BCUT2D eigenvalue weighted by Gasteiger charge is -2.35. The van der Waals surface area contributed by atoms with Crippen LogP contribution in [0.4, 0.5) is 13.2 Å². The minimum atomic E-state index is -4.35. The number of piperazine rings is 1. The second-order valence-corrected chi connectivity index (χ2v) is 8.99. The summed E-state index contributed by atoms with van der Waals surface area (Å²) < 4.78 is 55.3.